The van der Waals surface area contributed by atoms with Crippen LogP contribution in [0.5, 0.6) is 0 Å². The molecule has 3 aromatic heterocycles. The summed E-state index contributed by atoms with van der Waals surface area (Å²) in [5.74, 6) is -2.30. The predicted molar refractivity (Wildman–Crippen MR) is 145 cm³/mol. The number of pyridine rings is 2. The second-order valence-electron chi connectivity index (χ2n) is 9.04. The van der Waals surface area contributed by atoms with E-state index in [1.54, 1.807) is 31.4 Å². The molecule has 7 nitrogen and oxygen atoms in total. The molecule has 0 aliphatic heterocycles. The number of nitrogens with one attached hydrogen (secondary N) is 3. The highest BCUT2D eigenvalue weighted by molar-refractivity contribution is 6.03. The van der Waals surface area contributed by atoms with Crippen LogP contribution in [0.4, 0.5) is 30.4 Å². The van der Waals surface area contributed by atoms with Crippen LogP contribution in [0.3, 0.4) is 0 Å². The zero-order valence-corrected chi connectivity index (χ0v) is 20.8. The van der Waals surface area contributed by atoms with E-state index < -0.39 is 30.5 Å². The average molecular weight is 532 g/mol. The SMILES string of the molecule is Cn1ccc2[nH]c(-c3ccnc(NC(=O)[C@@H](CC(F)F)c4ccc(F)cc4)c3)c(Nc3ccccc3)c2c1=O. The van der Waals surface area contributed by atoms with Gasteiger partial charge in [-0.25, -0.2) is 18.2 Å². The maximum absolute atomic E-state index is 13.4. The molecule has 1 atom stereocenters. The number of aromatic nitrogens is 3. The van der Waals surface area contributed by atoms with Gasteiger partial charge >= 0.3 is 0 Å². The fourth-order valence-corrected chi connectivity index (χ4v) is 4.44. The standard InChI is InChI=1S/C29H24F3N5O2/c1-37-14-12-22-25(29(37)39)27(34-20-5-3-2-4-6-20)26(35-22)18-11-13-33-24(15-18)36-28(38)21(16-23(31)32)17-7-9-19(30)10-8-17/h2-15,21,23,34-35H,16H2,1H3,(H,33,36,38)/t21-/m0/s1. The van der Waals surface area contributed by atoms with Gasteiger partial charge in [0.1, 0.15) is 11.6 Å². The van der Waals surface area contributed by atoms with Gasteiger partial charge in [-0.1, -0.05) is 30.3 Å². The number of para-hydroxylation sites is 1. The smallest absolute Gasteiger partial charge is 0.261 e. The van der Waals surface area contributed by atoms with Crippen LogP contribution < -0.4 is 16.2 Å². The fraction of sp³-hybridized carbons (Fsp3) is 0.138. The van der Waals surface area contributed by atoms with E-state index in [0.717, 1.165) is 17.8 Å². The summed E-state index contributed by atoms with van der Waals surface area (Å²) in [6.45, 7) is 0. The monoisotopic (exact) mass is 531 g/mol. The first-order valence-electron chi connectivity index (χ1n) is 12.1. The molecule has 0 unspecified atom stereocenters. The minimum absolute atomic E-state index is 0.135. The minimum atomic E-state index is -2.74. The second-order valence-corrected chi connectivity index (χ2v) is 9.04. The number of halogens is 3. The molecule has 1 amide bonds. The minimum Gasteiger partial charge on any atom is -0.353 e. The molecule has 0 saturated carbocycles. The number of aromatic amines is 1. The summed E-state index contributed by atoms with van der Waals surface area (Å²) in [5.41, 5.74) is 3.17. The zero-order valence-electron chi connectivity index (χ0n) is 20.8. The molecule has 3 heterocycles. The number of rotatable bonds is 8. The molecule has 5 rings (SSSR count). The van der Waals surface area contributed by atoms with Gasteiger partial charge < -0.3 is 20.2 Å². The Morgan fingerprint density at radius 2 is 1.79 bits per heavy atom. The highest BCUT2D eigenvalue weighted by Crippen LogP contribution is 2.36. The van der Waals surface area contributed by atoms with Crippen LogP contribution in [0.25, 0.3) is 22.2 Å². The first-order chi connectivity index (χ1) is 18.8. The van der Waals surface area contributed by atoms with Gasteiger partial charge in [-0.2, -0.15) is 0 Å². The van der Waals surface area contributed by atoms with Crippen molar-refractivity contribution >= 4 is 34.0 Å². The Morgan fingerprint density at radius 3 is 2.51 bits per heavy atom. The Bertz CT molecular complexity index is 1680. The van der Waals surface area contributed by atoms with Crippen LogP contribution in [0.2, 0.25) is 0 Å². The van der Waals surface area contributed by atoms with E-state index in [1.807, 2.05) is 30.3 Å². The number of aryl methyl sites for hydroxylation is 1. The quantitative estimate of drug-likeness (QED) is 0.223. The Labute approximate surface area is 221 Å². The van der Waals surface area contributed by atoms with E-state index in [4.69, 9.17) is 0 Å². The molecule has 0 saturated heterocycles. The fourth-order valence-electron chi connectivity index (χ4n) is 4.44. The van der Waals surface area contributed by atoms with Crippen molar-refractivity contribution in [3.63, 3.8) is 0 Å². The number of hydrogen-bond donors (Lipinski definition) is 3. The summed E-state index contributed by atoms with van der Waals surface area (Å²) in [4.78, 5) is 33.6. The van der Waals surface area contributed by atoms with E-state index in [-0.39, 0.29) is 16.9 Å². The van der Waals surface area contributed by atoms with Crippen LogP contribution in [0.15, 0.2) is 90.0 Å². The van der Waals surface area contributed by atoms with Crippen molar-refractivity contribution in [2.24, 2.45) is 7.05 Å². The van der Waals surface area contributed by atoms with E-state index in [1.165, 1.54) is 22.9 Å². The molecule has 10 heteroatoms. The third-order valence-electron chi connectivity index (χ3n) is 6.37. The molecule has 0 bridgehead atoms. The van der Waals surface area contributed by atoms with Crippen molar-refractivity contribution in [1.29, 1.82) is 0 Å². The normalized spacial score (nSPS) is 12.0. The molecule has 0 fully saturated rings. The number of hydrogen-bond acceptors (Lipinski definition) is 4. The number of alkyl halides is 2. The summed E-state index contributed by atoms with van der Waals surface area (Å²) in [7, 11) is 1.66. The summed E-state index contributed by atoms with van der Waals surface area (Å²) in [6.07, 6.45) is -0.339. The van der Waals surface area contributed by atoms with Crippen LogP contribution in [0, 0.1) is 5.82 Å². The molecule has 5 aromatic rings. The zero-order chi connectivity index (χ0) is 27.5. The van der Waals surface area contributed by atoms with Gasteiger partial charge in [-0.05, 0) is 48.0 Å². The third kappa shape index (κ3) is 5.54. The van der Waals surface area contributed by atoms with Gasteiger partial charge in [-0.3, -0.25) is 9.59 Å². The molecule has 2 aromatic carbocycles. The number of benzene rings is 2. The highest BCUT2D eigenvalue weighted by Gasteiger charge is 2.26. The number of anilines is 3. The van der Waals surface area contributed by atoms with Crippen molar-refractivity contribution < 1.29 is 18.0 Å². The van der Waals surface area contributed by atoms with Crippen molar-refractivity contribution in [1.82, 2.24) is 14.5 Å². The lowest BCUT2D eigenvalue weighted by Gasteiger charge is -2.17. The summed E-state index contributed by atoms with van der Waals surface area (Å²) in [6, 6.07) is 19.3. The molecule has 0 aliphatic rings. The van der Waals surface area contributed by atoms with Gasteiger partial charge in [-0.15, -0.1) is 0 Å². The lowest BCUT2D eigenvalue weighted by atomic mass is 9.95. The van der Waals surface area contributed by atoms with Gasteiger partial charge in [0.2, 0.25) is 12.3 Å². The molecule has 39 heavy (non-hydrogen) atoms. The summed E-state index contributed by atoms with van der Waals surface area (Å²) >= 11 is 0. The molecular weight excluding hydrogens is 507 g/mol. The van der Waals surface area contributed by atoms with Crippen molar-refractivity contribution in [2.75, 3.05) is 10.6 Å². The lowest BCUT2D eigenvalue weighted by molar-refractivity contribution is -0.118. The number of carbonyl (C=O) groups is 1. The molecule has 0 radical (unpaired) electrons. The van der Waals surface area contributed by atoms with E-state index >= 15 is 0 Å². The van der Waals surface area contributed by atoms with Crippen molar-refractivity contribution in [3.05, 3.63) is 107 Å². The molecule has 0 spiro atoms. The van der Waals surface area contributed by atoms with Crippen LogP contribution >= 0.6 is 0 Å². The maximum Gasteiger partial charge on any atom is 0.261 e. The first-order valence-corrected chi connectivity index (χ1v) is 12.1. The largest absolute Gasteiger partial charge is 0.353 e. The molecule has 0 aliphatic carbocycles. The number of nitrogens with zero attached hydrogens (tertiary/aromatic N) is 2. The van der Waals surface area contributed by atoms with Crippen molar-refractivity contribution in [3.8, 4) is 11.3 Å². The Balaban J connectivity index is 1.52. The van der Waals surface area contributed by atoms with E-state index in [0.29, 0.717) is 27.8 Å². The highest BCUT2D eigenvalue weighted by atomic mass is 19.3. The lowest BCUT2D eigenvalue weighted by Crippen LogP contribution is -2.23. The maximum atomic E-state index is 13.4. The second kappa shape index (κ2) is 10.9. The number of fused-ring (bicyclic) bond motifs is 1. The first kappa shape index (κ1) is 25.8. The number of amides is 1. The summed E-state index contributed by atoms with van der Waals surface area (Å²) in [5, 5.41) is 6.39. The van der Waals surface area contributed by atoms with Crippen LogP contribution in [0.1, 0.15) is 17.9 Å². The number of H-pyrrole nitrogens is 1. The summed E-state index contributed by atoms with van der Waals surface area (Å²) < 4.78 is 41.5. The van der Waals surface area contributed by atoms with Gasteiger partial charge in [0, 0.05) is 37.1 Å². The Kier molecular flexibility index (Phi) is 7.18. The Hall–Kier alpha value is -4.86. The van der Waals surface area contributed by atoms with Crippen LogP contribution in [-0.4, -0.2) is 26.9 Å². The third-order valence-corrected chi connectivity index (χ3v) is 6.37. The van der Waals surface area contributed by atoms with Gasteiger partial charge in [0.05, 0.1) is 28.2 Å². The van der Waals surface area contributed by atoms with Gasteiger partial charge in [0.15, 0.2) is 0 Å². The van der Waals surface area contributed by atoms with Gasteiger partial charge in [0.25, 0.3) is 5.56 Å². The Morgan fingerprint density at radius 1 is 1.05 bits per heavy atom. The molecular formula is C29H24F3N5O2. The van der Waals surface area contributed by atoms with Crippen molar-refractivity contribution in [2.45, 2.75) is 18.8 Å². The predicted octanol–water partition coefficient (Wildman–Crippen LogP) is 6.19. The number of carbonyl (C=O) groups excluding carboxylic acids is 1. The molecule has 3 N–H and O–H groups in total. The topological polar surface area (TPSA) is 91.8 Å². The molecule has 198 valence electrons. The van der Waals surface area contributed by atoms with E-state index in [2.05, 4.69) is 20.6 Å². The average Bonchev–Trinajstić information content (AvgIpc) is 3.29. The van der Waals surface area contributed by atoms with E-state index in [9.17, 15) is 22.8 Å². The van der Waals surface area contributed by atoms with Crippen LogP contribution in [-0.2, 0) is 11.8 Å².